The van der Waals surface area contributed by atoms with Gasteiger partial charge in [-0.05, 0) is 67.4 Å². The van der Waals surface area contributed by atoms with Crippen LogP contribution >= 0.6 is 11.6 Å². The topological polar surface area (TPSA) is 78.5 Å². The van der Waals surface area contributed by atoms with E-state index in [1.165, 1.54) is 0 Å². The third-order valence-corrected chi connectivity index (χ3v) is 5.71. The maximum Gasteiger partial charge on any atom is 0.283 e. The molecular formula is C26H22ClN3O3. The second-order valence-corrected chi connectivity index (χ2v) is 8.06. The molecule has 7 heteroatoms. The molecule has 0 saturated heterocycles. The van der Waals surface area contributed by atoms with Crippen LogP contribution in [-0.4, -0.2) is 17.7 Å². The molecule has 6 nitrogen and oxygen atoms in total. The molecule has 4 rings (SSSR count). The minimum Gasteiger partial charge on any atom is -0.350 e. The maximum atomic E-state index is 12.9. The summed E-state index contributed by atoms with van der Waals surface area (Å²) >= 11 is 6.20. The van der Waals surface area contributed by atoms with E-state index < -0.39 is 11.8 Å². The summed E-state index contributed by atoms with van der Waals surface area (Å²) in [6, 6.07) is 21.3. The van der Waals surface area contributed by atoms with Crippen molar-refractivity contribution in [2.45, 2.75) is 20.3 Å². The Bertz CT molecular complexity index is 1250. The number of hydrogen-bond donors (Lipinski definition) is 2. The molecule has 0 fully saturated rings. The molecule has 0 bridgehead atoms. The number of carbonyl (C=O) groups excluding carboxylic acids is 3. The van der Waals surface area contributed by atoms with Gasteiger partial charge in [-0.25, -0.2) is 4.90 Å². The average Bonchev–Trinajstić information content (AvgIpc) is 3.04. The molecule has 0 unspecified atom stereocenters. The summed E-state index contributed by atoms with van der Waals surface area (Å²) in [5, 5.41) is 5.57. The van der Waals surface area contributed by atoms with E-state index in [-0.39, 0.29) is 16.6 Å². The quantitative estimate of drug-likeness (QED) is 0.494. The second kappa shape index (κ2) is 9.30. The lowest BCUT2D eigenvalue weighted by Crippen LogP contribution is -2.32. The van der Waals surface area contributed by atoms with Crippen molar-refractivity contribution >= 4 is 46.4 Å². The van der Waals surface area contributed by atoms with E-state index in [4.69, 9.17) is 11.6 Å². The second-order valence-electron chi connectivity index (χ2n) is 7.68. The van der Waals surface area contributed by atoms with Gasteiger partial charge in [0, 0.05) is 16.9 Å². The van der Waals surface area contributed by atoms with Crippen molar-refractivity contribution in [2.24, 2.45) is 0 Å². The van der Waals surface area contributed by atoms with Crippen molar-refractivity contribution in [1.82, 2.24) is 0 Å². The van der Waals surface area contributed by atoms with E-state index in [1.54, 1.807) is 36.4 Å². The number of imide groups is 1. The lowest BCUT2D eigenvalue weighted by atomic mass is 10.1. The fraction of sp³-hybridized carbons (Fsp3) is 0.115. The van der Waals surface area contributed by atoms with Gasteiger partial charge in [0.15, 0.2) is 0 Å². The van der Waals surface area contributed by atoms with Gasteiger partial charge in [0.2, 0.25) is 0 Å². The number of halogens is 1. The molecule has 0 radical (unpaired) electrons. The fourth-order valence-corrected chi connectivity index (χ4v) is 3.63. The Hall–Kier alpha value is -3.90. The van der Waals surface area contributed by atoms with Crippen molar-refractivity contribution in [3.8, 4) is 0 Å². The molecule has 0 saturated carbocycles. The first-order valence-electron chi connectivity index (χ1n) is 10.5. The van der Waals surface area contributed by atoms with Gasteiger partial charge in [-0.3, -0.25) is 14.4 Å². The smallest absolute Gasteiger partial charge is 0.283 e. The zero-order chi connectivity index (χ0) is 23.5. The highest BCUT2D eigenvalue weighted by atomic mass is 35.5. The Labute approximate surface area is 196 Å². The van der Waals surface area contributed by atoms with Gasteiger partial charge in [-0.1, -0.05) is 48.4 Å². The van der Waals surface area contributed by atoms with Gasteiger partial charge in [-0.2, -0.15) is 0 Å². The Morgan fingerprint density at radius 3 is 2.06 bits per heavy atom. The molecule has 33 heavy (non-hydrogen) atoms. The summed E-state index contributed by atoms with van der Waals surface area (Å²) in [5.74, 6) is -1.37. The van der Waals surface area contributed by atoms with Crippen molar-refractivity contribution in [1.29, 1.82) is 0 Å². The summed E-state index contributed by atoms with van der Waals surface area (Å²) in [4.78, 5) is 39.1. The van der Waals surface area contributed by atoms with E-state index in [0.29, 0.717) is 22.6 Å². The molecule has 1 aliphatic rings. The minimum absolute atomic E-state index is 0.00177. The Morgan fingerprint density at radius 2 is 1.45 bits per heavy atom. The molecular weight excluding hydrogens is 438 g/mol. The van der Waals surface area contributed by atoms with Gasteiger partial charge in [-0.15, -0.1) is 0 Å². The van der Waals surface area contributed by atoms with Gasteiger partial charge in [0.05, 0.1) is 5.69 Å². The highest BCUT2D eigenvalue weighted by Crippen LogP contribution is 2.30. The van der Waals surface area contributed by atoms with Gasteiger partial charge in [0.25, 0.3) is 17.7 Å². The predicted octanol–water partition coefficient (Wildman–Crippen LogP) is 5.25. The van der Waals surface area contributed by atoms with Crippen LogP contribution in [-0.2, 0) is 16.0 Å². The third kappa shape index (κ3) is 4.66. The fourth-order valence-electron chi connectivity index (χ4n) is 3.42. The Balaban J connectivity index is 1.46. The molecule has 0 spiro atoms. The Morgan fingerprint density at radius 1 is 0.848 bits per heavy atom. The van der Waals surface area contributed by atoms with Crippen LogP contribution < -0.4 is 15.5 Å². The zero-order valence-electron chi connectivity index (χ0n) is 18.2. The maximum absolute atomic E-state index is 12.9. The minimum atomic E-state index is -0.581. The monoisotopic (exact) mass is 459 g/mol. The van der Waals surface area contributed by atoms with E-state index >= 15 is 0 Å². The summed E-state index contributed by atoms with van der Waals surface area (Å²) in [6.07, 6.45) is 0.854. The first-order chi connectivity index (χ1) is 15.9. The highest BCUT2D eigenvalue weighted by molar-refractivity contribution is 6.53. The molecule has 3 aromatic rings. The number of amides is 3. The number of carbonyl (C=O) groups is 3. The van der Waals surface area contributed by atoms with Crippen LogP contribution in [0.5, 0.6) is 0 Å². The van der Waals surface area contributed by atoms with Crippen molar-refractivity contribution in [2.75, 3.05) is 15.5 Å². The van der Waals surface area contributed by atoms with Crippen LogP contribution in [0.1, 0.15) is 28.4 Å². The number of hydrogen-bond acceptors (Lipinski definition) is 4. The normalized spacial score (nSPS) is 13.5. The van der Waals surface area contributed by atoms with Crippen LogP contribution in [0, 0.1) is 6.92 Å². The van der Waals surface area contributed by atoms with Gasteiger partial charge >= 0.3 is 0 Å². The van der Waals surface area contributed by atoms with Crippen LogP contribution in [0.4, 0.5) is 17.1 Å². The summed E-state index contributed by atoms with van der Waals surface area (Å²) < 4.78 is 0. The molecule has 1 aliphatic heterocycles. The predicted molar refractivity (Wildman–Crippen MR) is 130 cm³/mol. The number of aryl methyl sites for hydroxylation is 2. The molecule has 0 atom stereocenters. The van der Waals surface area contributed by atoms with Crippen molar-refractivity contribution < 1.29 is 14.4 Å². The zero-order valence-corrected chi connectivity index (χ0v) is 18.9. The molecule has 0 aromatic heterocycles. The molecule has 1 heterocycles. The molecule has 166 valence electrons. The SMILES string of the molecule is CCc1ccc(N2C(=O)C(Cl)=C(Nc3ccc(C(=O)Nc4ccc(C)cc4)cc3)C2=O)cc1. The number of benzene rings is 3. The summed E-state index contributed by atoms with van der Waals surface area (Å²) in [5.41, 5.74) is 4.34. The van der Waals surface area contributed by atoms with Crippen LogP contribution in [0.15, 0.2) is 83.5 Å². The van der Waals surface area contributed by atoms with Crippen LogP contribution in [0.25, 0.3) is 0 Å². The molecule has 2 N–H and O–H groups in total. The number of rotatable bonds is 6. The number of nitrogens with zero attached hydrogens (tertiary/aromatic N) is 1. The van der Waals surface area contributed by atoms with E-state index in [1.807, 2.05) is 50.2 Å². The van der Waals surface area contributed by atoms with Crippen LogP contribution in [0.2, 0.25) is 0 Å². The van der Waals surface area contributed by atoms with E-state index in [0.717, 1.165) is 22.4 Å². The lowest BCUT2D eigenvalue weighted by Gasteiger charge is -2.15. The molecule has 3 aromatic carbocycles. The molecule has 3 amide bonds. The van der Waals surface area contributed by atoms with Crippen molar-refractivity contribution in [3.63, 3.8) is 0 Å². The Kier molecular flexibility index (Phi) is 6.29. The number of anilines is 3. The van der Waals surface area contributed by atoms with Gasteiger partial charge in [0.1, 0.15) is 10.7 Å². The number of nitrogens with one attached hydrogen (secondary N) is 2. The van der Waals surface area contributed by atoms with E-state index in [2.05, 4.69) is 10.6 Å². The molecule has 0 aliphatic carbocycles. The summed E-state index contributed by atoms with van der Waals surface area (Å²) in [6.45, 7) is 4.00. The largest absolute Gasteiger partial charge is 0.350 e. The third-order valence-electron chi connectivity index (χ3n) is 5.36. The lowest BCUT2D eigenvalue weighted by molar-refractivity contribution is -0.120. The van der Waals surface area contributed by atoms with Gasteiger partial charge < -0.3 is 10.6 Å². The van der Waals surface area contributed by atoms with E-state index in [9.17, 15) is 14.4 Å². The first kappa shape index (κ1) is 22.3. The van der Waals surface area contributed by atoms with Crippen molar-refractivity contribution in [3.05, 3.63) is 100 Å². The first-order valence-corrected chi connectivity index (χ1v) is 10.9. The summed E-state index contributed by atoms with van der Waals surface area (Å²) in [7, 11) is 0. The van der Waals surface area contributed by atoms with Crippen LogP contribution in [0.3, 0.4) is 0 Å². The highest BCUT2D eigenvalue weighted by Gasteiger charge is 2.38. The standard InChI is InChI=1S/C26H22ClN3O3/c1-3-17-6-14-21(15-7-17)30-25(32)22(27)23(26(30)33)28-19-12-8-18(9-13-19)24(31)29-20-10-4-16(2)5-11-20/h4-15,28H,3H2,1-2H3,(H,29,31). The average molecular weight is 460 g/mol.